The maximum atomic E-state index is 12.4. The second kappa shape index (κ2) is 6.59. The van der Waals surface area contributed by atoms with Crippen LogP contribution in [0.4, 0.5) is 5.69 Å². The van der Waals surface area contributed by atoms with Crippen molar-refractivity contribution in [3.05, 3.63) is 41.6 Å². The number of ether oxygens (including phenoxy) is 1. The van der Waals surface area contributed by atoms with Gasteiger partial charge in [0.05, 0.1) is 5.92 Å². The second-order valence-corrected chi connectivity index (χ2v) is 7.48. The smallest absolute Gasteiger partial charge is 0.311 e. The van der Waals surface area contributed by atoms with E-state index in [4.69, 9.17) is 4.74 Å². The van der Waals surface area contributed by atoms with Crippen molar-refractivity contribution >= 4 is 23.3 Å². The van der Waals surface area contributed by atoms with Crippen LogP contribution in [0.3, 0.4) is 0 Å². The van der Waals surface area contributed by atoms with Crippen LogP contribution < -0.4 is 4.90 Å². The molecular formula is C20H24N2O4. The van der Waals surface area contributed by atoms with Crippen LogP contribution in [0.15, 0.2) is 36.0 Å². The molecule has 0 N–H and O–H groups in total. The SMILES string of the molecule is CN1CC(C(=O)OCC(=O)C=C2N(C)c3ccccc3C2(C)C)CC1=O. The highest BCUT2D eigenvalue weighted by atomic mass is 16.5. The number of esters is 1. The van der Waals surface area contributed by atoms with Crippen LogP contribution >= 0.6 is 0 Å². The van der Waals surface area contributed by atoms with Gasteiger partial charge in [0.1, 0.15) is 0 Å². The zero-order valence-corrected chi connectivity index (χ0v) is 15.6. The molecule has 1 fully saturated rings. The van der Waals surface area contributed by atoms with E-state index in [-0.39, 0.29) is 30.1 Å². The van der Waals surface area contributed by atoms with E-state index in [1.54, 1.807) is 13.1 Å². The molecule has 2 aliphatic rings. The molecule has 0 spiro atoms. The monoisotopic (exact) mass is 356 g/mol. The third-order valence-electron chi connectivity index (χ3n) is 5.27. The number of para-hydroxylation sites is 1. The Morgan fingerprint density at radius 1 is 1.27 bits per heavy atom. The highest BCUT2D eigenvalue weighted by Gasteiger charge is 2.38. The number of hydrogen-bond acceptors (Lipinski definition) is 5. The molecule has 1 saturated heterocycles. The molecule has 0 saturated carbocycles. The molecule has 1 aromatic rings. The molecule has 1 atom stereocenters. The first-order valence-electron chi connectivity index (χ1n) is 8.70. The number of carbonyl (C=O) groups is 3. The molecule has 1 amide bonds. The van der Waals surface area contributed by atoms with Crippen molar-refractivity contribution in [3.8, 4) is 0 Å². The summed E-state index contributed by atoms with van der Waals surface area (Å²) in [5.41, 5.74) is 2.80. The number of amides is 1. The van der Waals surface area contributed by atoms with Crippen molar-refractivity contribution in [1.29, 1.82) is 0 Å². The average Bonchev–Trinajstić information content (AvgIpc) is 3.03. The standard InChI is InChI=1S/C20H24N2O4/c1-20(2)15-7-5-6-8-16(15)22(4)17(20)10-14(23)12-26-19(25)13-9-18(24)21(3)11-13/h5-8,10,13H,9,11-12H2,1-4H3. The van der Waals surface area contributed by atoms with Gasteiger partial charge in [-0.3, -0.25) is 14.4 Å². The first-order valence-corrected chi connectivity index (χ1v) is 8.70. The number of benzene rings is 1. The zero-order chi connectivity index (χ0) is 19.1. The van der Waals surface area contributed by atoms with Gasteiger partial charge in [-0.2, -0.15) is 0 Å². The van der Waals surface area contributed by atoms with E-state index < -0.39 is 11.9 Å². The average molecular weight is 356 g/mol. The van der Waals surface area contributed by atoms with Gasteiger partial charge in [-0.05, 0) is 11.6 Å². The second-order valence-electron chi connectivity index (χ2n) is 7.48. The molecule has 26 heavy (non-hydrogen) atoms. The van der Waals surface area contributed by atoms with Crippen LogP contribution in [0.5, 0.6) is 0 Å². The van der Waals surface area contributed by atoms with Crippen molar-refractivity contribution in [3.63, 3.8) is 0 Å². The number of ketones is 1. The van der Waals surface area contributed by atoms with E-state index >= 15 is 0 Å². The van der Waals surface area contributed by atoms with Crippen molar-refractivity contribution in [2.45, 2.75) is 25.7 Å². The summed E-state index contributed by atoms with van der Waals surface area (Å²) in [6.07, 6.45) is 1.70. The summed E-state index contributed by atoms with van der Waals surface area (Å²) < 4.78 is 5.14. The topological polar surface area (TPSA) is 66.9 Å². The van der Waals surface area contributed by atoms with Crippen LogP contribution in [-0.2, 0) is 24.5 Å². The molecule has 0 bridgehead atoms. The lowest BCUT2D eigenvalue weighted by Crippen LogP contribution is -2.26. The van der Waals surface area contributed by atoms with Gasteiger partial charge in [-0.15, -0.1) is 0 Å². The molecule has 3 rings (SSSR count). The van der Waals surface area contributed by atoms with Gasteiger partial charge >= 0.3 is 5.97 Å². The minimum absolute atomic E-state index is 0.0764. The number of likely N-dealkylation sites (N-methyl/N-ethyl adjacent to an activating group) is 1. The lowest BCUT2D eigenvalue weighted by molar-refractivity contribution is -0.151. The quantitative estimate of drug-likeness (QED) is 0.609. The fourth-order valence-electron chi connectivity index (χ4n) is 3.73. The number of nitrogens with zero attached hydrogens (tertiary/aromatic N) is 2. The van der Waals surface area contributed by atoms with E-state index in [1.165, 1.54) is 4.90 Å². The molecule has 1 aromatic carbocycles. The van der Waals surface area contributed by atoms with Gasteiger partial charge in [0.2, 0.25) is 5.91 Å². The number of hydrogen-bond donors (Lipinski definition) is 0. The predicted molar refractivity (Wildman–Crippen MR) is 97.7 cm³/mol. The van der Waals surface area contributed by atoms with E-state index in [0.29, 0.717) is 6.54 Å². The fourth-order valence-corrected chi connectivity index (χ4v) is 3.73. The number of carbonyl (C=O) groups excluding carboxylic acids is 3. The highest BCUT2D eigenvalue weighted by molar-refractivity contribution is 5.95. The Kier molecular flexibility index (Phi) is 4.61. The summed E-state index contributed by atoms with van der Waals surface area (Å²) in [4.78, 5) is 39.4. The Balaban J connectivity index is 1.66. The minimum atomic E-state index is -0.489. The maximum absolute atomic E-state index is 12.4. The Morgan fingerprint density at radius 3 is 2.58 bits per heavy atom. The molecule has 138 valence electrons. The lowest BCUT2D eigenvalue weighted by Gasteiger charge is -2.23. The molecule has 1 unspecified atom stereocenters. The molecule has 2 heterocycles. The summed E-state index contributed by atoms with van der Waals surface area (Å²) in [6, 6.07) is 8.04. The summed E-state index contributed by atoms with van der Waals surface area (Å²) in [5.74, 6) is -1.31. The molecule has 2 aliphatic heterocycles. The van der Waals surface area contributed by atoms with Crippen LogP contribution in [0.1, 0.15) is 25.8 Å². The number of likely N-dealkylation sites (tertiary alicyclic amines) is 1. The van der Waals surface area contributed by atoms with E-state index in [0.717, 1.165) is 16.9 Å². The minimum Gasteiger partial charge on any atom is -0.457 e. The van der Waals surface area contributed by atoms with Gasteiger partial charge in [0.15, 0.2) is 12.4 Å². The number of fused-ring (bicyclic) bond motifs is 1. The first-order chi connectivity index (χ1) is 12.2. The highest BCUT2D eigenvalue weighted by Crippen LogP contribution is 2.46. The third kappa shape index (κ3) is 3.11. The van der Waals surface area contributed by atoms with Crippen LogP contribution in [0.25, 0.3) is 0 Å². The number of rotatable bonds is 4. The van der Waals surface area contributed by atoms with Gasteiger partial charge in [0.25, 0.3) is 0 Å². The number of anilines is 1. The van der Waals surface area contributed by atoms with Gasteiger partial charge < -0.3 is 14.5 Å². The summed E-state index contributed by atoms with van der Waals surface area (Å²) in [5, 5.41) is 0. The van der Waals surface area contributed by atoms with Gasteiger partial charge in [0, 0.05) is 49.9 Å². The Hall–Kier alpha value is -2.63. The molecule has 6 nitrogen and oxygen atoms in total. The largest absolute Gasteiger partial charge is 0.457 e. The van der Waals surface area contributed by atoms with Crippen molar-refractivity contribution in [2.75, 3.05) is 32.1 Å². The Morgan fingerprint density at radius 2 is 1.96 bits per heavy atom. The predicted octanol–water partition coefficient (Wildman–Crippen LogP) is 1.89. The van der Waals surface area contributed by atoms with Gasteiger partial charge in [-0.25, -0.2) is 0 Å². The van der Waals surface area contributed by atoms with Crippen LogP contribution in [0.2, 0.25) is 0 Å². The van der Waals surface area contributed by atoms with Crippen LogP contribution in [-0.4, -0.2) is 49.8 Å². The lowest BCUT2D eigenvalue weighted by atomic mass is 9.83. The summed E-state index contributed by atoms with van der Waals surface area (Å²) >= 11 is 0. The Labute approximate surface area is 153 Å². The molecular weight excluding hydrogens is 332 g/mol. The molecule has 0 radical (unpaired) electrons. The third-order valence-corrected chi connectivity index (χ3v) is 5.27. The van der Waals surface area contributed by atoms with Crippen molar-refractivity contribution in [2.24, 2.45) is 5.92 Å². The summed E-state index contributed by atoms with van der Waals surface area (Å²) in [6.45, 7) is 4.18. The molecule has 0 aromatic heterocycles. The first kappa shape index (κ1) is 18.2. The van der Waals surface area contributed by atoms with Crippen LogP contribution in [0, 0.1) is 5.92 Å². The maximum Gasteiger partial charge on any atom is 0.311 e. The van der Waals surface area contributed by atoms with E-state index in [2.05, 4.69) is 19.9 Å². The molecule has 0 aliphatic carbocycles. The van der Waals surface area contributed by atoms with E-state index in [9.17, 15) is 14.4 Å². The fraction of sp³-hybridized carbons (Fsp3) is 0.450. The molecule has 6 heteroatoms. The Bertz CT molecular complexity index is 797. The zero-order valence-electron chi connectivity index (χ0n) is 15.6. The summed E-state index contributed by atoms with van der Waals surface area (Å²) in [7, 11) is 3.58. The van der Waals surface area contributed by atoms with E-state index in [1.807, 2.05) is 30.1 Å². The van der Waals surface area contributed by atoms with Gasteiger partial charge in [-0.1, -0.05) is 32.0 Å². The van der Waals surface area contributed by atoms with Crippen molar-refractivity contribution in [1.82, 2.24) is 4.90 Å². The van der Waals surface area contributed by atoms with Crippen molar-refractivity contribution < 1.29 is 19.1 Å². The normalized spacial score (nSPS) is 22.7. The number of allylic oxidation sites excluding steroid dienone is 1.